The molecule has 2 aromatic rings. The summed E-state index contributed by atoms with van der Waals surface area (Å²) in [5.41, 5.74) is 1.68. The number of ether oxygens (including phenoxy) is 1. The Labute approximate surface area is 161 Å². The van der Waals surface area contributed by atoms with Gasteiger partial charge in [0.1, 0.15) is 18.8 Å². The van der Waals surface area contributed by atoms with Crippen molar-refractivity contribution in [3.05, 3.63) is 62.6 Å². The molecule has 0 aliphatic rings. The van der Waals surface area contributed by atoms with Gasteiger partial charge in [0.25, 0.3) is 0 Å². The van der Waals surface area contributed by atoms with Gasteiger partial charge in [-0.3, -0.25) is 4.79 Å². The van der Waals surface area contributed by atoms with Crippen LogP contribution in [0.2, 0.25) is 15.1 Å². The molecular weight excluding hydrogens is 383 g/mol. The average molecular weight is 398 g/mol. The van der Waals surface area contributed by atoms with Crippen molar-refractivity contribution in [3.8, 4) is 11.8 Å². The number of carbonyl (C=O) groups is 1. The number of carbonyl (C=O) groups excluding carboxylic acids is 1. The Kier molecular flexibility index (Phi) is 7.39. The molecule has 1 amide bonds. The van der Waals surface area contributed by atoms with Gasteiger partial charge in [-0.15, -0.1) is 0 Å². The van der Waals surface area contributed by atoms with E-state index in [1.807, 2.05) is 24.3 Å². The van der Waals surface area contributed by atoms with E-state index in [2.05, 4.69) is 5.32 Å². The molecule has 0 atom stereocenters. The van der Waals surface area contributed by atoms with Crippen molar-refractivity contribution in [1.29, 1.82) is 5.26 Å². The Morgan fingerprint density at radius 2 is 1.76 bits per heavy atom. The first-order valence-electron chi connectivity index (χ1n) is 7.49. The number of nitriles is 1. The normalized spacial score (nSPS) is 10.2. The van der Waals surface area contributed by atoms with Crippen LogP contribution in [0, 0.1) is 11.3 Å². The van der Waals surface area contributed by atoms with E-state index in [9.17, 15) is 4.79 Å². The van der Waals surface area contributed by atoms with Crippen molar-refractivity contribution in [1.82, 2.24) is 5.32 Å². The van der Waals surface area contributed by atoms with Crippen molar-refractivity contribution < 1.29 is 9.53 Å². The second kappa shape index (κ2) is 9.53. The van der Waals surface area contributed by atoms with Crippen LogP contribution in [0.3, 0.4) is 0 Å². The molecule has 2 rings (SSSR count). The summed E-state index contributed by atoms with van der Waals surface area (Å²) in [4.78, 5) is 11.2. The van der Waals surface area contributed by atoms with Gasteiger partial charge in [0.2, 0.25) is 5.91 Å². The zero-order valence-electron chi connectivity index (χ0n) is 13.2. The first-order chi connectivity index (χ1) is 12.0. The minimum atomic E-state index is -0.266. The summed E-state index contributed by atoms with van der Waals surface area (Å²) in [6, 6.07) is 12.6. The molecule has 0 aromatic heterocycles. The topological polar surface area (TPSA) is 62.1 Å². The van der Waals surface area contributed by atoms with Gasteiger partial charge in [0.15, 0.2) is 0 Å². The molecule has 0 aliphatic heterocycles. The smallest absolute Gasteiger partial charge is 0.234 e. The van der Waals surface area contributed by atoms with Crippen LogP contribution in [0.4, 0.5) is 0 Å². The third-order valence-corrected chi connectivity index (χ3v) is 4.62. The molecule has 0 unspecified atom stereocenters. The Bertz CT molecular complexity index is 786. The van der Waals surface area contributed by atoms with E-state index in [1.165, 1.54) is 0 Å². The summed E-state index contributed by atoms with van der Waals surface area (Å²) in [7, 11) is 0. The fourth-order valence-corrected chi connectivity index (χ4v) is 2.75. The highest BCUT2D eigenvalue weighted by Crippen LogP contribution is 2.32. The van der Waals surface area contributed by atoms with E-state index < -0.39 is 0 Å². The third kappa shape index (κ3) is 5.82. The van der Waals surface area contributed by atoms with Gasteiger partial charge < -0.3 is 10.1 Å². The minimum Gasteiger partial charge on any atom is -0.489 e. The lowest BCUT2D eigenvalue weighted by molar-refractivity contribution is -0.120. The monoisotopic (exact) mass is 396 g/mol. The number of halogens is 3. The van der Waals surface area contributed by atoms with Crippen LogP contribution >= 0.6 is 34.8 Å². The largest absolute Gasteiger partial charge is 0.489 e. The number of amides is 1. The number of hydrogen-bond acceptors (Lipinski definition) is 3. The molecule has 0 radical (unpaired) electrons. The van der Waals surface area contributed by atoms with E-state index in [0.717, 1.165) is 5.56 Å². The Hall–Kier alpha value is -1.93. The van der Waals surface area contributed by atoms with Crippen LogP contribution in [-0.4, -0.2) is 12.5 Å². The number of benzene rings is 2. The van der Waals surface area contributed by atoms with Crippen molar-refractivity contribution >= 4 is 40.7 Å². The average Bonchev–Trinajstić information content (AvgIpc) is 2.60. The fraction of sp³-hybridized carbons (Fsp3) is 0.222. The summed E-state index contributed by atoms with van der Waals surface area (Å²) in [5, 5.41) is 12.4. The van der Waals surface area contributed by atoms with Crippen molar-refractivity contribution in [3.63, 3.8) is 0 Å². The molecular formula is C18H15Cl3N2O2. The van der Waals surface area contributed by atoms with E-state index >= 15 is 0 Å². The van der Waals surface area contributed by atoms with Crippen molar-refractivity contribution in [2.45, 2.75) is 19.4 Å². The van der Waals surface area contributed by atoms with Gasteiger partial charge in [-0.25, -0.2) is 0 Å². The van der Waals surface area contributed by atoms with E-state index in [0.29, 0.717) is 39.3 Å². The van der Waals surface area contributed by atoms with Crippen molar-refractivity contribution in [2.24, 2.45) is 0 Å². The first-order valence-corrected chi connectivity index (χ1v) is 8.62. The molecule has 0 fully saturated rings. The van der Waals surface area contributed by atoms with Crippen LogP contribution in [0.25, 0.3) is 0 Å². The molecule has 0 saturated carbocycles. The standard InChI is InChI=1S/C18H15Cl3N2O2/c19-15-5-6-16(20)18(21)14(15)11-25-13-3-1-12(2-4-13)8-10-23-17(24)7-9-22/h1-6H,7-8,10-11H2,(H,23,24). The number of rotatable bonds is 7. The van der Waals surface area contributed by atoms with Crippen LogP contribution in [-0.2, 0) is 17.8 Å². The van der Waals surface area contributed by atoms with E-state index in [1.54, 1.807) is 18.2 Å². The lowest BCUT2D eigenvalue weighted by atomic mass is 10.1. The highest BCUT2D eigenvalue weighted by molar-refractivity contribution is 6.44. The molecule has 0 spiro atoms. The number of hydrogen-bond donors (Lipinski definition) is 1. The second-order valence-electron chi connectivity index (χ2n) is 5.19. The zero-order valence-corrected chi connectivity index (χ0v) is 15.5. The summed E-state index contributed by atoms with van der Waals surface area (Å²) in [6.45, 7) is 0.691. The Balaban J connectivity index is 1.88. The van der Waals surface area contributed by atoms with Gasteiger partial charge in [0.05, 0.1) is 16.1 Å². The zero-order chi connectivity index (χ0) is 18.2. The van der Waals surface area contributed by atoms with Crippen LogP contribution in [0.15, 0.2) is 36.4 Å². The molecule has 0 bridgehead atoms. The Morgan fingerprint density at radius 3 is 2.44 bits per heavy atom. The maximum absolute atomic E-state index is 11.2. The lowest BCUT2D eigenvalue weighted by Crippen LogP contribution is -2.24. The first kappa shape index (κ1) is 19.4. The molecule has 0 aliphatic carbocycles. The van der Waals surface area contributed by atoms with Crippen LogP contribution in [0.1, 0.15) is 17.5 Å². The Morgan fingerprint density at radius 1 is 1.08 bits per heavy atom. The molecule has 25 heavy (non-hydrogen) atoms. The van der Waals surface area contributed by atoms with Crippen molar-refractivity contribution in [2.75, 3.05) is 6.54 Å². The summed E-state index contributed by atoms with van der Waals surface area (Å²) in [5.74, 6) is 0.405. The third-order valence-electron chi connectivity index (χ3n) is 3.42. The summed E-state index contributed by atoms with van der Waals surface area (Å²) >= 11 is 18.2. The molecule has 4 nitrogen and oxygen atoms in total. The minimum absolute atomic E-state index is 0.124. The molecule has 2 aromatic carbocycles. The second-order valence-corrected chi connectivity index (χ2v) is 6.38. The highest BCUT2D eigenvalue weighted by Gasteiger charge is 2.10. The van der Waals surface area contributed by atoms with E-state index in [-0.39, 0.29) is 18.9 Å². The molecule has 7 heteroatoms. The quantitative estimate of drug-likeness (QED) is 0.683. The summed E-state index contributed by atoms with van der Waals surface area (Å²) in [6.07, 6.45) is 0.546. The fourth-order valence-electron chi connectivity index (χ4n) is 2.09. The molecule has 1 N–H and O–H groups in total. The predicted molar refractivity (Wildman–Crippen MR) is 99.2 cm³/mol. The lowest BCUT2D eigenvalue weighted by Gasteiger charge is -2.11. The van der Waals surface area contributed by atoms with E-state index in [4.69, 9.17) is 44.8 Å². The maximum atomic E-state index is 11.2. The maximum Gasteiger partial charge on any atom is 0.234 e. The van der Waals surface area contributed by atoms with Gasteiger partial charge in [-0.1, -0.05) is 46.9 Å². The SMILES string of the molecule is N#CCC(=O)NCCc1ccc(OCc2c(Cl)ccc(Cl)c2Cl)cc1. The molecule has 0 saturated heterocycles. The summed E-state index contributed by atoms with van der Waals surface area (Å²) < 4.78 is 5.71. The predicted octanol–water partition coefficient (Wildman–Crippen LogP) is 4.80. The van der Waals surface area contributed by atoms with Gasteiger partial charge in [0, 0.05) is 17.1 Å². The van der Waals surface area contributed by atoms with Crippen LogP contribution < -0.4 is 10.1 Å². The molecule has 0 heterocycles. The van der Waals surface area contributed by atoms with Gasteiger partial charge in [-0.05, 0) is 36.2 Å². The van der Waals surface area contributed by atoms with Crippen LogP contribution in [0.5, 0.6) is 5.75 Å². The number of nitrogens with one attached hydrogen (secondary N) is 1. The van der Waals surface area contributed by atoms with Gasteiger partial charge >= 0.3 is 0 Å². The van der Waals surface area contributed by atoms with Gasteiger partial charge in [-0.2, -0.15) is 5.26 Å². The highest BCUT2D eigenvalue weighted by atomic mass is 35.5. The number of nitrogens with zero attached hydrogens (tertiary/aromatic N) is 1. The molecule has 130 valence electrons.